The van der Waals surface area contributed by atoms with Crippen molar-refractivity contribution in [1.82, 2.24) is 4.98 Å². The Balaban J connectivity index is 1.23. The van der Waals surface area contributed by atoms with E-state index in [1.165, 1.54) is 54.4 Å². The number of furan rings is 1. The highest BCUT2D eigenvalue weighted by molar-refractivity contribution is 6.10. The largest absolute Gasteiger partial charge is 0.455 e. The molecule has 0 N–H and O–H groups in total. The number of benzene rings is 4. The second-order valence-electron chi connectivity index (χ2n) is 10.7. The van der Waals surface area contributed by atoms with Crippen LogP contribution >= 0.6 is 0 Å². The van der Waals surface area contributed by atoms with Gasteiger partial charge in [0, 0.05) is 22.5 Å². The van der Waals surface area contributed by atoms with Gasteiger partial charge in [0.15, 0.2) is 0 Å². The predicted molar refractivity (Wildman–Crippen MR) is 158 cm³/mol. The molecule has 1 saturated carbocycles. The quantitative estimate of drug-likeness (QED) is 0.239. The van der Waals surface area contributed by atoms with E-state index in [0.717, 1.165) is 51.1 Å². The minimum absolute atomic E-state index is 0.807. The molecule has 0 radical (unpaired) electrons. The zero-order valence-electron chi connectivity index (χ0n) is 21.6. The van der Waals surface area contributed by atoms with Crippen LogP contribution in [0.2, 0.25) is 0 Å². The summed E-state index contributed by atoms with van der Waals surface area (Å²) in [6.07, 6.45) is 9.97. The molecule has 0 amide bonds. The Hall–Kier alpha value is -4.17. The second kappa shape index (κ2) is 9.95. The van der Waals surface area contributed by atoms with Gasteiger partial charge in [-0.15, -0.1) is 0 Å². The van der Waals surface area contributed by atoms with E-state index in [9.17, 15) is 0 Å². The first kappa shape index (κ1) is 23.0. The molecule has 1 aliphatic rings. The number of nitrogens with zero attached hydrogens (tertiary/aromatic N) is 1. The molecule has 7 rings (SSSR count). The molecule has 2 aromatic heterocycles. The second-order valence-corrected chi connectivity index (χ2v) is 10.7. The molecule has 0 bridgehead atoms. The Morgan fingerprint density at radius 2 is 1.37 bits per heavy atom. The van der Waals surface area contributed by atoms with Gasteiger partial charge in [0.1, 0.15) is 11.2 Å². The van der Waals surface area contributed by atoms with Gasteiger partial charge in [0.2, 0.25) is 0 Å². The standard InChI is InChI=1S/C36H31NO/c1-3-8-25(9-4-1)22-26-20-21-37-34(23-26)33-13-7-12-32-31-19-18-30(24-35(31)38-36(32)33)29-16-14-28(15-17-29)27-10-5-2-6-11-27/h2,5-7,10-21,23-25H,1,3-4,8-9,22H2. The fraction of sp³-hybridized carbons (Fsp3) is 0.194. The lowest BCUT2D eigenvalue weighted by Crippen LogP contribution is -2.09. The summed E-state index contributed by atoms with van der Waals surface area (Å²) >= 11 is 0. The van der Waals surface area contributed by atoms with Crippen molar-refractivity contribution in [3.63, 3.8) is 0 Å². The number of fused-ring (bicyclic) bond motifs is 3. The average molecular weight is 494 g/mol. The summed E-state index contributed by atoms with van der Waals surface area (Å²) in [6.45, 7) is 0. The summed E-state index contributed by atoms with van der Waals surface area (Å²) in [5, 5.41) is 2.29. The summed E-state index contributed by atoms with van der Waals surface area (Å²) in [6, 6.07) is 36.7. The molecule has 1 aliphatic carbocycles. The van der Waals surface area contributed by atoms with E-state index < -0.39 is 0 Å². The highest BCUT2D eigenvalue weighted by Crippen LogP contribution is 2.37. The molecule has 4 aromatic carbocycles. The van der Waals surface area contributed by atoms with Crippen LogP contribution < -0.4 is 0 Å². The Kier molecular flexibility index (Phi) is 6.02. The topological polar surface area (TPSA) is 26.0 Å². The number of rotatable bonds is 5. The lowest BCUT2D eigenvalue weighted by Gasteiger charge is -2.21. The molecule has 0 saturated heterocycles. The van der Waals surface area contributed by atoms with Gasteiger partial charge >= 0.3 is 0 Å². The van der Waals surface area contributed by atoms with Gasteiger partial charge in [-0.25, -0.2) is 0 Å². The maximum Gasteiger partial charge on any atom is 0.144 e. The number of pyridine rings is 1. The van der Waals surface area contributed by atoms with Crippen LogP contribution in [-0.2, 0) is 6.42 Å². The fourth-order valence-electron chi connectivity index (χ4n) is 6.14. The van der Waals surface area contributed by atoms with Crippen LogP contribution in [0.4, 0.5) is 0 Å². The first-order valence-corrected chi connectivity index (χ1v) is 13.9. The van der Waals surface area contributed by atoms with Gasteiger partial charge in [-0.2, -0.15) is 0 Å². The summed E-state index contributed by atoms with van der Waals surface area (Å²) in [5.41, 5.74) is 10.1. The van der Waals surface area contributed by atoms with Crippen LogP contribution in [0, 0.1) is 5.92 Å². The third-order valence-corrected chi connectivity index (χ3v) is 8.17. The molecule has 0 atom stereocenters. The van der Waals surface area contributed by atoms with E-state index in [-0.39, 0.29) is 0 Å². The van der Waals surface area contributed by atoms with E-state index in [1.54, 1.807) is 0 Å². The van der Waals surface area contributed by atoms with Crippen molar-refractivity contribution in [2.45, 2.75) is 38.5 Å². The molecule has 186 valence electrons. The molecular weight excluding hydrogens is 462 g/mol. The Bertz CT molecular complexity index is 1710. The van der Waals surface area contributed by atoms with Gasteiger partial charge in [0.05, 0.1) is 5.69 Å². The lowest BCUT2D eigenvalue weighted by molar-refractivity contribution is 0.356. The SMILES string of the molecule is c1ccc(-c2ccc(-c3ccc4c(c3)oc3c(-c5cc(CC6CCCCC6)ccn5)cccc34)cc2)cc1. The van der Waals surface area contributed by atoms with Gasteiger partial charge < -0.3 is 4.42 Å². The smallest absolute Gasteiger partial charge is 0.144 e. The first-order chi connectivity index (χ1) is 18.8. The fourth-order valence-corrected chi connectivity index (χ4v) is 6.14. The molecule has 0 aliphatic heterocycles. The highest BCUT2D eigenvalue weighted by atomic mass is 16.3. The zero-order valence-corrected chi connectivity index (χ0v) is 21.6. The van der Waals surface area contributed by atoms with Crippen LogP contribution in [0.1, 0.15) is 37.7 Å². The maximum absolute atomic E-state index is 6.54. The third kappa shape index (κ3) is 4.41. The number of para-hydroxylation sites is 1. The predicted octanol–water partition coefficient (Wildman–Crippen LogP) is 10.1. The van der Waals surface area contributed by atoms with Crippen LogP contribution in [0.15, 0.2) is 114 Å². The van der Waals surface area contributed by atoms with Gasteiger partial charge in [-0.1, -0.05) is 105 Å². The molecule has 6 aromatic rings. The first-order valence-electron chi connectivity index (χ1n) is 13.9. The van der Waals surface area contributed by atoms with Crippen LogP contribution in [0.25, 0.3) is 55.4 Å². The van der Waals surface area contributed by atoms with E-state index >= 15 is 0 Å². The van der Waals surface area contributed by atoms with Crippen LogP contribution in [0.3, 0.4) is 0 Å². The summed E-state index contributed by atoms with van der Waals surface area (Å²) in [4.78, 5) is 4.76. The molecular formula is C36H31NO. The van der Waals surface area contributed by atoms with Crippen molar-refractivity contribution in [3.05, 3.63) is 115 Å². The van der Waals surface area contributed by atoms with Crippen molar-refractivity contribution in [1.29, 1.82) is 0 Å². The molecule has 0 unspecified atom stereocenters. The van der Waals surface area contributed by atoms with Crippen LogP contribution in [0.5, 0.6) is 0 Å². The van der Waals surface area contributed by atoms with E-state index in [1.807, 2.05) is 6.20 Å². The number of aromatic nitrogens is 1. The van der Waals surface area contributed by atoms with Crippen LogP contribution in [-0.4, -0.2) is 4.98 Å². The molecule has 2 heteroatoms. The molecule has 38 heavy (non-hydrogen) atoms. The number of hydrogen-bond acceptors (Lipinski definition) is 2. The Morgan fingerprint density at radius 1 is 0.632 bits per heavy atom. The maximum atomic E-state index is 6.54. The van der Waals surface area contributed by atoms with Crippen molar-refractivity contribution in [2.24, 2.45) is 5.92 Å². The molecule has 0 spiro atoms. The molecule has 1 fully saturated rings. The van der Waals surface area contributed by atoms with Gasteiger partial charge in [-0.05, 0) is 70.5 Å². The van der Waals surface area contributed by atoms with Crippen molar-refractivity contribution in [2.75, 3.05) is 0 Å². The minimum atomic E-state index is 0.807. The van der Waals surface area contributed by atoms with E-state index in [0.29, 0.717) is 0 Å². The van der Waals surface area contributed by atoms with Gasteiger partial charge in [0.25, 0.3) is 0 Å². The molecule has 2 heterocycles. The summed E-state index contributed by atoms with van der Waals surface area (Å²) < 4.78 is 6.54. The third-order valence-electron chi connectivity index (χ3n) is 8.17. The number of hydrogen-bond donors (Lipinski definition) is 0. The normalized spacial score (nSPS) is 14.3. The van der Waals surface area contributed by atoms with E-state index in [2.05, 4.69) is 103 Å². The summed E-state index contributed by atoms with van der Waals surface area (Å²) in [7, 11) is 0. The Morgan fingerprint density at radius 3 is 2.18 bits per heavy atom. The molecule has 2 nitrogen and oxygen atoms in total. The summed E-state index contributed by atoms with van der Waals surface area (Å²) in [5.74, 6) is 0.807. The Labute approximate surface area is 224 Å². The van der Waals surface area contributed by atoms with Crippen molar-refractivity contribution < 1.29 is 4.42 Å². The van der Waals surface area contributed by atoms with Crippen molar-refractivity contribution >= 4 is 21.9 Å². The minimum Gasteiger partial charge on any atom is -0.455 e. The van der Waals surface area contributed by atoms with Crippen molar-refractivity contribution in [3.8, 4) is 33.5 Å². The highest BCUT2D eigenvalue weighted by Gasteiger charge is 2.17. The van der Waals surface area contributed by atoms with E-state index in [4.69, 9.17) is 9.40 Å². The monoisotopic (exact) mass is 493 g/mol. The zero-order chi connectivity index (χ0) is 25.3. The average Bonchev–Trinajstić information content (AvgIpc) is 3.36. The lowest BCUT2D eigenvalue weighted by atomic mass is 9.85. The van der Waals surface area contributed by atoms with Gasteiger partial charge in [-0.3, -0.25) is 4.98 Å².